The minimum absolute atomic E-state index is 0.00522. The molecule has 39 heavy (non-hydrogen) atoms. The summed E-state index contributed by atoms with van der Waals surface area (Å²) in [6.45, 7) is 7.16. The largest absolute Gasteiger partial charge is 0.448 e. The maximum atomic E-state index is 15.4. The summed E-state index contributed by atoms with van der Waals surface area (Å²) in [4.78, 5) is 12.2. The van der Waals surface area contributed by atoms with Crippen molar-refractivity contribution in [3.05, 3.63) is 0 Å². The van der Waals surface area contributed by atoms with Crippen molar-refractivity contribution in [2.75, 3.05) is 13.2 Å². The lowest BCUT2D eigenvalue weighted by Crippen LogP contribution is -2.56. The molecule has 0 aliphatic carbocycles. The Hall–Kier alpha value is -1.42. The SMILES string of the molecule is CCOC(C)(C)CCNC(=O)C(OC(F)(CC)CC(F)(OC(C)(CC)CCC(F)(F)F)C(F)(F)F)C(F)(F)F. The van der Waals surface area contributed by atoms with Gasteiger partial charge >= 0.3 is 24.4 Å². The monoisotopic (exact) mass is 599 g/mol. The van der Waals surface area contributed by atoms with Gasteiger partial charge in [0.05, 0.1) is 17.6 Å². The van der Waals surface area contributed by atoms with Crippen LogP contribution >= 0.6 is 0 Å². The quantitative estimate of drug-likeness (QED) is 0.187. The Balaban J connectivity index is 6.02. The minimum Gasteiger partial charge on any atom is -0.376 e. The van der Waals surface area contributed by atoms with Gasteiger partial charge in [-0.2, -0.15) is 39.5 Å². The fraction of sp³-hybridized carbons (Fsp3) is 0.957. The zero-order valence-corrected chi connectivity index (χ0v) is 22.5. The molecule has 0 heterocycles. The standard InChI is InChI=1S/C23H36F11NO4/c1-7-18(6,10-11-21(26,27)28)39-20(25,23(32,33)34)14-19(24,8-2)38-15(22(29,30)31)16(36)35-13-12-17(4,5)37-9-3/h15H,7-14H2,1-6H3,(H,35,36). The average Bonchev–Trinajstić information content (AvgIpc) is 2.73. The van der Waals surface area contributed by atoms with E-state index in [2.05, 4.69) is 9.47 Å². The van der Waals surface area contributed by atoms with Crippen molar-refractivity contribution in [3.63, 3.8) is 0 Å². The molecule has 0 aliphatic heterocycles. The minimum atomic E-state index is -6.10. The van der Waals surface area contributed by atoms with Crippen LogP contribution in [0.2, 0.25) is 0 Å². The Morgan fingerprint density at radius 3 is 1.72 bits per heavy atom. The maximum absolute atomic E-state index is 15.4. The Morgan fingerprint density at radius 2 is 1.33 bits per heavy atom. The number of alkyl halides is 11. The first-order valence-electron chi connectivity index (χ1n) is 12.2. The van der Waals surface area contributed by atoms with Crippen molar-refractivity contribution in [1.29, 1.82) is 0 Å². The molecule has 0 saturated carbocycles. The van der Waals surface area contributed by atoms with Gasteiger partial charge in [0.2, 0.25) is 12.0 Å². The molecule has 0 aliphatic rings. The van der Waals surface area contributed by atoms with Crippen LogP contribution in [0.3, 0.4) is 0 Å². The van der Waals surface area contributed by atoms with Gasteiger partial charge in [0.1, 0.15) is 0 Å². The van der Waals surface area contributed by atoms with Crippen molar-refractivity contribution in [1.82, 2.24) is 5.32 Å². The van der Waals surface area contributed by atoms with Crippen LogP contribution in [0.25, 0.3) is 0 Å². The number of nitrogens with one attached hydrogen (secondary N) is 1. The molecule has 4 atom stereocenters. The lowest BCUT2D eigenvalue weighted by atomic mass is 9.94. The Labute approximate surface area is 220 Å². The van der Waals surface area contributed by atoms with Crippen molar-refractivity contribution in [2.24, 2.45) is 0 Å². The first-order valence-corrected chi connectivity index (χ1v) is 12.2. The summed E-state index contributed by atoms with van der Waals surface area (Å²) in [5.74, 6) is -11.1. The van der Waals surface area contributed by atoms with E-state index >= 15 is 8.78 Å². The Morgan fingerprint density at radius 1 is 0.795 bits per heavy atom. The molecular formula is C23H36F11NO4. The van der Waals surface area contributed by atoms with Crippen molar-refractivity contribution in [3.8, 4) is 0 Å². The van der Waals surface area contributed by atoms with E-state index in [4.69, 9.17) is 4.74 Å². The average molecular weight is 600 g/mol. The number of rotatable bonds is 16. The number of hydrogen-bond acceptors (Lipinski definition) is 4. The summed E-state index contributed by atoms with van der Waals surface area (Å²) in [6.07, 6.45) is -27.5. The van der Waals surface area contributed by atoms with Crippen LogP contribution in [-0.2, 0) is 19.0 Å². The third kappa shape index (κ3) is 12.7. The topological polar surface area (TPSA) is 56.8 Å². The molecule has 0 saturated heterocycles. The van der Waals surface area contributed by atoms with Crippen LogP contribution in [0.4, 0.5) is 48.3 Å². The second-order valence-electron chi connectivity index (χ2n) is 9.93. The van der Waals surface area contributed by atoms with Gasteiger partial charge in [-0.15, -0.1) is 0 Å². The summed E-state index contributed by atoms with van der Waals surface area (Å²) in [5, 5.41) is 1.84. The summed E-state index contributed by atoms with van der Waals surface area (Å²) in [7, 11) is 0. The van der Waals surface area contributed by atoms with E-state index < -0.39 is 92.1 Å². The van der Waals surface area contributed by atoms with Gasteiger partial charge in [-0.05, 0) is 47.0 Å². The molecular weight excluding hydrogens is 563 g/mol. The molecule has 0 radical (unpaired) electrons. The van der Waals surface area contributed by atoms with E-state index in [-0.39, 0.29) is 13.0 Å². The third-order valence-electron chi connectivity index (χ3n) is 5.96. The second-order valence-corrected chi connectivity index (χ2v) is 9.93. The van der Waals surface area contributed by atoms with E-state index in [1.54, 1.807) is 20.8 Å². The number of ether oxygens (including phenoxy) is 3. The van der Waals surface area contributed by atoms with Crippen LogP contribution in [0.5, 0.6) is 0 Å². The molecule has 0 spiro atoms. The van der Waals surface area contributed by atoms with Crippen LogP contribution < -0.4 is 5.32 Å². The van der Waals surface area contributed by atoms with E-state index in [1.807, 2.05) is 5.32 Å². The summed E-state index contributed by atoms with van der Waals surface area (Å²) >= 11 is 0. The Kier molecular flexibility index (Phi) is 13.0. The normalized spacial score (nSPS) is 19.1. The summed E-state index contributed by atoms with van der Waals surface area (Å²) in [6, 6.07) is 0. The highest BCUT2D eigenvalue weighted by molar-refractivity contribution is 5.81. The molecule has 0 rings (SSSR count). The lowest BCUT2D eigenvalue weighted by molar-refractivity contribution is -0.388. The van der Waals surface area contributed by atoms with E-state index in [0.717, 1.165) is 20.8 Å². The van der Waals surface area contributed by atoms with Crippen LogP contribution in [0.15, 0.2) is 0 Å². The molecule has 0 aromatic heterocycles. The van der Waals surface area contributed by atoms with Gasteiger partial charge in [0, 0.05) is 26.0 Å². The van der Waals surface area contributed by atoms with E-state index in [0.29, 0.717) is 0 Å². The highest BCUT2D eigenvalue weighted by Gasteiger charge is 2.65. The van der Waals surface area contributed by atoms with Crippen molar-refractivity contribution < 1.29 is 67.3 Å². The van der Waals surface area contributed by atoms with Gasteiger partial charge in [-0.3, -0.25) is 4.79 Å². The number of carbonyl (C=O) groups excluding carboxylic acids is 1. The first kappa shape index (κ1) is 37.6. The molecule has 16 heteroatoms. The highest BCUT2D eigenvalue weighted by atomic mass is 19.4. The van der Waals surface area contributed by atoms with E-state index in [1.165, 1.54) is 0 Å². The van der Waals surface area contributed by atoms with Crippen LogP contribution in [0, 0.1) is 0 Å². The predicted octanol–water partition coefficient (Wildman–Crippen LogP) is 7.48. The third-order valence-corrected chi connectivity index (χ3v) is 5.96. The highest BCUT2D eigenvalue weighted by Crippen LogP contribution is 2.48. The van der Waals surface area contributed by atoms with Gasteiger partial charge in [-0.1, -0.05) is 13.8 Å². The first-order chi connectivity index (χ1) is 17.3. The molecule has 0 bridgehead atoms. The molecule has 0 aromatic carbocycles. The fourth-order valence-corrected chi connectivity index (χ4v) is 3.40. The van der Waals surface area contributed by atoms with Crippen molar-refractivity contribution in [2.45, 2.75) is 128 Å². The number of carbonyl (C=O) groups is 1. The molecule has 1 amide bonds. The number of amides is 1. The fourth-order valence-electron chi connectivity index (χ4n) is 3.40. The smallest absolute Gasteiger partial charge is 0.376 e. The molecule has 5 nitrogen and oxygen atoms in total. The van der Waals surface area contributed by atoms with Gasteiger partial charge in [-0.25, -0.2) is 8.78 Å². The number of halogens is 11. The molecule has 234 valence electrons. The summed E-state index contributed by atoms with van der Waals surface area (Å²) in [5.41, 5.74) is -3.32. The van der Waals surface area contributed by atoms with Crippen LogP contribution in [0.1, 0.15) is 80.1 Å². The predicted molar refractivity (Wildman–Crippen MR) is 118 cm³/mol. The van der Waals surface area contributed by atoms with Gasteiger partial charge in [0.25, 0.3) is 5.91 Å². The number of hydrogen-bond donors (Lipinski definition) is 1. The molecule has 4 unspecified atom stereocenters. The molecule has 0 fully saturated rings. The maximum Gasteiger partial charge on any atom is 0.448 e. The van der Waals surface area contributed by atoms with Crippen LogP contribution in [-0.4, -0.2) is 66.6 Å². The molecule has 1 N–H and O–H groups in total. The van der Waals surface area contributed by atoms with Crippen molar-refractivity contribution >= 4 is 5.91 Å². The second kappa shape index (κ2) is 13.5. The van der Waals surface area contributed by atoms with Gasteiger partial charge < -0.3 is 19.5 Å². The molecule has 0 aromatic rings. The zero-order chi connectivity index (χ0) is 31.1. The van der Waals surface area contributed by atoms with Gasteiger partial charge in [0.15, 0.2) is 0 Å². The summed E-state index contributed by atoms with van der Waals surface area (Å²) < 4.78 is 164. The van der Waals surface area contributed by atoms with E-state index in [9.17, 15) is 44.3 Å². The Bertz CT molecular complexity index is 773. The lowest BCUT2D eigenvalue weighted by Gasteiger charge is -2.41. The zero-order valence-electron chi connectivity index (χ0n) is 22.5.